The van der Waals surface area contributed by atoms with Crippen LogP contribution in [0.25, 0.3) is 0 Å². The first-order valence-electron chi connectivity index (χ1n) is 9.86. The van der Waals surface area contributed by atoms with Crippen molar-refractivity contribution in [1.82, 2.24) is 9.88 Å². The zero-order valence-corrected chi connectivity index (χ0v) is 17.8. The summed E-state index contributed by atoms with van der Waals surface area (Å²) < 4.78 is 5.78. The van der Waals surface area contributed by atoms with Gasteiger partial charge in [0.05, 0.1) is 12.3 Å². The van der Waals surface area contributed by atoms with Gasteiger partial charge in [0.1, 0.15) is 17.4 Å². The zero-order valence-electron chi connectivity index (χ0n) is 17.0. The Bertz CT molecular complexity index is 776. The molecule has 0 unspecified atom stereocenters. The summed E-state index contributed by atoms with van der Waals surface area (Å²) in [6, 6.07) is 7.94. The molecule has 1 fully saturated rings. The van der Waals surface area contributed by atoms with Gasteiger partial charge in [0.15, 0.2) is 0 Å². The quantitative estimate of drug-likeness (QED) is 0.676. The molecule has 2 aromatic rings. The van der Waals surface area contributed by atoms with Crippen LogP contribution in [0.15, 0.2) is 29.6 Å². The van der Waals surface area contributed by atoms with Crippen molar-refractivity contribution in [3.63, 3.8) is 0 Å². The van der Waals surface area contributed by atoms with Gasteiger partial charge in [-0.05, 0) is 41.9 Å². The van der Waals surface area contributed by atoms with E-state index in [-0.39, 0.29) is 17.9 Å². The molecule has 0 atom stereocenters. The molecule has 28 heavy (non-hydrogen) atoms. The molecular formula is C22H30N2O3S. The van der Waals surface area contributed by atoms with E-state index >= 15 is 0 Å². The molecule has 5 nitrogen and oxygen atoms in total. The second-order valence-corrected chi connectivity index (χ2v) is 9.72. The fraction of sp³-hybridized carbons (Fsp3) is 0.545. The van der Waals surface area contributed by atoms with E-state index in [1.54, 1.807) is 0 Å². The molecule has 0 bridgehead atoms. The summed E-state index contributed by atoms with van der Waals surface area (Å²) in [6.45, 7) is 8.19. The van der Waals surface area contributed by atoms with Gasteiger partial charge >= 0.3 is 0 Å². The van der Waals surface area contributed by atoms with Crippen LogP contribution in [0.4, 0.5) is 0 Å². The predicted molar refractivity (Wildman–Crippen MR) is 111 cm³/mol. The maximum atomic E-state index is 12.8. The number of rotatable bonds is 9. The Balaban J connectivity index is 1.56. The third-order valence-electron chi connectivity index (χ3n) is 4.63. The molecule has 1 aromatic carbocycles. The Morgan fingerprint density at radius 2 is 2.00 bits per heavy atom. The highest BCUT2D eigenvalue weighted by Crippen LogP contribution is 2.31. The van der Waals surface area contributed by atoms with Gasteiger partial charge in [-0.3, -0.25) is 4.79 Å². The van der Waals surface area contributed by atoms with Crippen LogP contribution in [0.2, 0.25) is 0 Å². The molecule has 1 heterocycles. The van der Waals surface area contributed by atoms with Gasteiger partial charge in [-0.2, -0.15) is 0 Å². The maximum Gasteiger partial charge on any atom is 0.223 e. The average molecular weight is 403 g/mol. The molecule has 1 saturated carbocycles. The van der Waals surface area contributed by atoms with Crippen molar-refractivity contribution < 1.29 is 14.6 Å². The van der Waals surface area contributed by atoms with E-state index in [0.717, 1.165) is 22.9 Å². The molecule has 0 radical (unpaired) electrons. The number of aliphatic hydroxyl groups excluding tert-OH is 1. The molecule has 1 aliphatic carbocycles. The number of nitrogens with zero attached hydrogens (tertiary/aromatic N) is 2. The number of carbonyl (C=O) groups is 1. The summed E-state index contributed by atoms with van der Waals surface area (Å²) in [5.41, 5.74) is 1.80. The highest BCUT2D eigenvalue weighted by atomic mass is 32.1. The minimum absolute atomic E-state index is 0.00228. The van der Waals surface area contributed by atoms with Crippen LogP contribution in [0.5, 0.6) is 5.75 Å². The average Bonchev–Trinajstić information content (AvgIpc) is 3.34. The lowest BCUT2D eigenvalue weighted by atomic mass is 9.91. The van der Waals surface area contributed by atoms with E-state index < -0.39 is 0 Å². The Hall–Kier alpha value is -1.92. The number of benzene rings is 1. The summed E-state index contributed by atoms with van der Waals surface area (Å²) in [7, 11) is 0. The van der Waals surface area contributed by atoms with Crippen molar-refractivity contribution in [3.8, 4) is 5.75 Å². The first-order valence-corrected chi connectivity index (χ1v) is 10.7. The summed E-state index contributed by atoms with van der Waals surface area (Å²) >= 11 is 1.48. The normalized spacial score (nSPS) is 14.1. The van der Waals surface area contributed by atoms with Crippen molar-refractivity contribution >= 4 is 17.2 Å². The van der Waals surface area contributed by atoms with Gasteiger partial charge in [-0.25, -0.2) is 4.98 Å². The van der Waals surface area contributed by atoms with Crippen LogP contribution in [0.3, 0.4) is 0 Å². The molecular weight excluding hydrogens is 372 g/mol. The highest BCUT2D eigenvalue weighted by Gasteiger charge is 2.28. The zero-order chi connectivity index (χ0) is 20.1. The standard InChI is InChI=1S/C22H30N2O3S/c1-22(2,3)10-21(26)24(11-16-4-5-16)12-17-6-8-19(9-7-17)27-14-20-23-18(13-25)15-28-20/h6-9,15-16,25H,4-5,10-14H2,1-3H3. The third kappa shape index (κ3) is 6.60. The van der Waals surface area contributed by atoms with Crippen molar-refractivity contribution in [2.45, 2.75) is 59.8 Å². The second kappa shape index (κ2) is 9.05. The minimum atomic E-state index is -0.0452. The van der Waals surface area contributed by atoms with Crippen molar-refractivity contribution in [2.24, 2.45) is 11.3 Å². The number of carbonyl (C=O) groups excluding carboxylic acids is 1. The minimum Gasteiger partial charge on any atom is -0.486 e. The number of aliphatic hydroxyl groups is 1. The number of thiazole rings is 1. The van der Waals surface area contributed by atoms with E-state index in [2.05, 4.69) is 25.8 Å². The molecule has 1 amide bonds. The molecule has 3 rings (SSSR count). The molecule has 0 aliphatic heterocycles. The number of aromatic nitrogens is 1. The lowest BCUT2D eigenvalue weighted by molar-refractivity contribution is -0.134. The number of hydrogen-bond donors (Lipinski definition) is 1. The largest absolute Gasteiger partial charge is 0.486 e. The summed E-state index contributed by atoms with van der Waals surface area (Å²) in [6.07, 6.45) is 3.05. The first-order chi connectivity index (χ1) is 13.3. The fourth-order valence-corrected chi connectivity index (χ4v) is 3.67. The fourth-order valence-electron chi connectivity index (χ4n) is 2.98. The molecule has 1 aromatic heterocycles. The third-order valence-corrected chi connectivity index (χ3v) is 5.50. The maximum absolute atomic E-state index is 12.8. The van der Waals surface area contributed by atoms with E-state index in [1.807, 2.05) is 34.5 Å². The molecule has 0 saturated heterocycles. The Labute approximate surface area is 171 Å². The van der Waals surface area contributed by atoms with Gasteiger partial charge in [0.25, 0.3) is 0 Å². The van der Waals surface area contributed by atoms with Crippen LogP contribution in [-0.4, -0.2) is 27.4 Å². The summed E-state index contributed by atoms with van der Waals surface area (Å²) in [5.74, 6) is 1.69. The van der Waals surface area contributed by atoms with Crippen molar-refractivity contribution in [1.29, 1.82) is 0 Å². The van der Waals surface area contributed by atoms with Crippen molar-refractivity contribution in [2.75, 3.05) is 6.54 Å². The van der Waals surface area contributed by atoms with Crippen LogP contribution >= 0.6 is 11.3 Å². The smallest absolute Gasteiger partial charge is 0.223 e. The van der Waals surface area contributed by atoms with Gasteiger partial charge in [-0.1, -0.05) is 32.9 Å². The lowest BCUT2D eigenvalue weighted by Crippen LogP contribution is -2.34. The Morgan fingerprint density at radius 3 is 2.57 bits per heavy atom. The topological polar surface area (TPSA) is 62.7 Å². The Kier molecular flexibility index (Phi) is 6.73. The summed E-state index contributed by atoms with van der Waals surface area (Å²) in [4.78, 5) is 19.1. The summed E-state index contributed by atoms with van der Waals surface area (Å²) in [5, 5.41) is 11.8. The first kappa shape index (κ1) is 20.8. The second-order valence-electron chi connectivity index (χ2n) is 8.78. The number of amides is 1. The molecule has 0 spiro atoms. The van der Waals surface area contributed by atoms with Gasteiger partial charge in [0, 0.05) is 24.9 Å². The van der Waals surface area contributed by atoms with Crippen LogP contribution in [0, 0.1) is 11.3 Å². The Morgan fingerprint density at radius 1 is 1.29 bits per heavy atom. The van der Waals surface area contributed by atoms with Gasteiger partial charge < -0.3 is 14.7 Å². The lowest BCUT2D eigenvalue weighted by Gasteiger charge is -2.27. The monoisotopic (exact) mass is 402 g/mol. The molecule has 6 heteroatoms. The predicted octanol–water partition coefficient (Wildman–Crippen LogP) is 4.39. The molecule has 1 N–H and O–H groups in total. The highest BCUT2D eigenvalue weighted by molar-refractivity contribution is 7.09. The van der Waals surface area contributed by atoms with E-state index in [9.17, 15) is 4.79 Å². The molecule has 152 valence electrons. The van der Waals surface area contributed by atoms with Crippen LogP contribution < -0.4 is 4.74 Å². The van der Waals surface area contributed by atoms with Gasteiger partial charge in [-0.15, -0.1) is 11.3 Å². The number of hydrogen-bond acceptors (Lipinski definition) is 5. The van der Waals surface area contributed by atoms with Gasteiger partial charge in [0.2, 0.25) is 5.91 Å². The van der Waals surface area contributed by atoms with E-state index in [4.69, 9.17) is 9.84 Å². The van der Waals surface area contributed by atoms with Crippen molar-refractivity contribution in [3.05, 3.63) is 45.9 Å². The number of ether oxygens (including phenoxy) is 1. The van der Waals surface area contributed by atoms with Crippen LogP contribution in [-0.2, 0) is 24.6 Å². The van der Waals surface area contributed by atoms with E-state index in [0.29, 0.717) is 31.2 Å². The van der Waals surface area contributed by atoms with E-state index in [1.165, 1.54) is 24.2 Å². The van der Waals surface area contributed by atoms with Crippen LogP contribution in [0.1, 0.15) is 56.3 Å². The molecule has 1 aliphatic rings. The SMILES string of the molecule is CC(C)(C)CC(=O)N(Cc1ccc(OCc2nc(CO)cs2)cc1)CC1CC1.